The van der Waals surface area contributed by atoms with Crippen LogP contribution in [0.5, 0.6) is 5.75 Å². The molecule has 0 spiro atoms. The Balaban J connectivity index is 1.75. The van der Waals surface area contributed by atoms with E-state index in [4.69, 9.17) is 27.9 Å². The second kappa shape index (κ2) is 11.5. The molecule has 0 atom stereocenters. The number of halogens is 2. The number of carbonyl (C=O) groups is 1. The molecule has 192 valence electrons. The third-order valence-electron chi connectivity index (χ3n) is 5.45. The molecule has 0 aliphatic heterocycles. The Bertz CT molecular complexity index is 1320. The molecule has 6 nitrogen and oxygen atoms in total. The summed E-state index contributed by atoms with van der Waals surface area (Å²) in [6.07, 6.45) is 0. The van der Waals surface area contributed by atoms with Gasteiger partial charge in [-0.25, -0.2) is 8.42 Å². The number of para-hydroxylation sites is 1. The van der Waals surface area contributed by atoms with E-state index in [1.165, 1.54) is 24.3 Å². The van der Waals surface area contributed by atoms with Crippen molar-refractivity contribution >= 4 is 44.8 Å². The molecule has 0 saturated carbocycles. The van der Waals surface area contributed by atoms with Gasteiger partial charge in [-0.15, -0.1) is 0 Å². The maximum Gasteiger partial charge on any atom is 0.264 e. The highest BCUT2D eigenvalue weighted by Gasteiger charge is 2.29. The van der Waals surface area contributed by atoms with Gasteiger partial charge in [0.2, 0.25) is 5.91 Å². The van der Waals surface area contributed by atoms with Gasteiger partial charge >= 0.3 is 0 Å². The first kappa shape index (κ1) is 27.8. The van der Waals surface area contributed by atoms with E-state index in [9.17, 15) is 13.2 Å². The molecule has 0 fully saturated rings. The second-order valence-electron chi connectivity index (χ2n) is 9.37. The van der Waals surface area contributed by atoms with Gasteiger partial charge in [0, 0.05) is 5.02 Å². The van der Waals surface area contributed by atoms with Gasteiger partial charge in [-0.1, -0.05) is 79.9 Å². The topological polar surface area (TPSA) is 75.7 Å². The molecule has 0 radical (unpaired) electrons. The molecule has 1 amide bonds. The summed E-state index contributed by atoms with van der Waals surface area (Å²) < 4.78 is 33.9. The second-order valence-corrected chi connectivity index (χ2v) is 12.1. The molecular weight excluding hydrogens is 519 g/mol. The number of sulfonamides is 1. The van der Waals surface area contributed by atoms with Crippen LogP contribution in [0.1, 0.15) is 31.9 Å². The van der Waals surface area contributed by atoms with Gasteiger partial charge in [0.15, 0.2) is 0 Å². The summed E-state index contributed by atoms with van der Waals surface area (Å²) in [4.78, 5) is 12.9. The lowest BCUT2D eigenvalue weighted by molar-refractivity contribution is -0.119. The fraction of sp³-hybridized carbons (Fsp3) is 0.296. The van der Waals surface area contributed by atoms with Crippen molar-refractivity contribution in [1.29, 1.82) is 0 Å². The van der Waals surface area contributed by atoms with Crippen LogP contribution in [0.2, 0.25) is 10.0 Å². The number of hydrogen-bond donors (Lipinski definition) is 1. The first-order chi connectivity index (χ1) is 16.9. The number of anilines is 1. The summed E-state index contributed by atoms with van der Waals surface area (Å²) in [5.41, 5.74) is 1.99. The number of rotatable bonds is 9. The average Bonchev–Trinajstić information content (AvgIpc) is 2.82. The monoisotopic (exact) mass is 548 g/mol. The van der Waals surface area contributed by atoms with Gasteiger partial charge in [-0.05, 0) is 54.3 Å². The Hall–Kier alpha value is -2.74. The summed E-state index contributed by atoms with van der Waals surface area (Å²) in [6, 6.07) is 18.6. The third-order valence-corrected chi connectivity index (χ3v) is 7.78. The Morgan fingerprint density at radius 3 is 2.33 bits per heavy atom. The molecule has 0 bridgehead atoms. The third kappa shape index (κ3) is 6.93. The van der Waals surface area contributed by atoms with Crippen molar-refractivity contribution < 1.29 is 17.9 Å². The van der Waals surface area contributed by atoms with Crippen LogP contribution in [-0.4, -0.2) is 34.0 Å². The largest absolute Gasteiger partial charge is 0.491 e. The van der Waals surface area contributed by atoms with Gasteiger partial charge in [0.1, 0.15) is 18.9 Å². The summed E-state index contributed by atoms with van der Waals surface area (Å²) in [7, 11) is -4.10. The van der Waals surface area contributed by atoms with Crippen LogP contribution in [0.3, 0.4) is 0 Å². The molecule has 3 aromatic carbocycles. The SMILES string of the molecule is Cc1ccc(S(=O)(=O)N(CC(=O)NCCOc2ccccc2C(C)(C)C)c2cc(Cl)ccc2Cl)cc1. The van der Waals surface area contributed by atoms with Gasteiger partial charge in [-0.2, -0.15) is 0 Å². The van der Waals surface area contributed by atoms with Crippen molar-refractivity contribution in [1.82, 2.24) is 5.32 Å². The van der Waals surface area contributed by atoms with Crippen molar-refractivity contribution in [3.8, 4) is 5.75 Å². The molecule has 0 aliphatic carbocycles. The molecule has 0 aromatic heterocycles. The Morgan fingerprint density at radius 2 is 1.67 bits per heavy atom. The minimum Gasteiger partial charge on any atom is -0.491 e. The fourth-order valence-electron chi connectivity index (χ4n) is 3.56. The summed E-state index contributed by atoms with van der Waals surface area (Å²) in [5, 5.41) is 3.19. The zero-order valence-electron chi connectivity index (χ0n) is 20.7. The van der Waals surface area contributed by atoms with E-state index in [0.717, 1.165) is 21.2 Å². The van der Waals surface area contributed by atoms with Crippen molar-refractivity contribution in [3.05, 3.63) is 87.9 Å². The smallest absolute Gasteiger partial charge is 0.264 e. The van der Waals surface area contributed by atoms with Gasteiger partial charge in [0.05, 0.1) is 22.2 Å². The first-order valence-electron chi connectivity index (χ1n) is 11.4. The number of nitrogens with one attached hydrogen (secondary N) is 1. The molecule has 3 aromatic rings. The summed E-state index contributed by atoms with van der Waals surface area (Å²) >= 11 is 12.4. The number of ether oxygens (including phenoxy) is 1. The molecule has 0 aliphatic rings. The predicted octanol–water partition coefficient (Wildman–Crippen LogP) is 5.99. The fourth-order valence-corrected chi connectivity index (χ4v) is 5.43. The first-order valence-corrected chi connectivity index (χ1v) is 13.6. The molecule has 0 saturated heterocycles. The maximum atomic E-state index is 13.5. The summed E-state index contributed by atoms with van der Waals surface area (Å²) in [5.74, 6) is 0.239. The van der Waals surface area contributed by atoms with Gasteiger partial charge in [0.25, 0.3) is 10.0 Å². The van der Waals surface area contributed by atoms with Crippen molar-refractivity contribution in [3.63, 3.8) is 0 Å². The number of carbonyl (C=O) groups excluding carboxylic acids is 1. The van der Waals surface area contributed by atoms with E-state index in [1.807, 2.05) is 31.2 Å². The van der Waals surface area contributed by atoms with Crippen molar-refractivity contribution in [2.45, 2.75) is 38.0 Å². The molecule has 1 N–H and O–H groups in total. The molecule has 36 heavy (non-hydrogen) atoms. The standard InChI is InChI=1S/C27H30Cl2N2O4S/c1-19-9-12-21(13-10-19)36(33,34)31(24-17-20(28)11-14-23(24)29)18-26(32)30-15-16-35-25-8-6-5-7-22(25)27(2,3)4/h5-14,17H,15-16,18H2,1-4H3,(H,30,32). The van der Waals surface area contributed by atoms with Crippen LogP contribution in [-0.2, 0) is 20.2 Å². The lowest BCUT2D eigenvalue weighted by Gasteiger charge is -2.25. The molecule has 9 heteroatoms. The van der Waals surface area contributed by atoms with Crippen molar-refractivity contribution in [2.24, 2.45) is 0 Å². The van der Waals surface area contributed by atoms with E-state index >= 15 is 0 Å². The zero-order valence-corrected chi connectivity index (χ0v) is 23.0. The molecular formula is C27H30Cl2N2O4S. The van der Waals surface area contributed by atoms with Crippen LogP contribution < -0.4 is 14.4 Å². The number of aryl methyl sites for hydroxylation is 1. The molecule has 3 rings (SSSR count). The zero-order chi connectivity index (χ0) is 26.5. The van der Waals surface area contributed by atoms with E-state index in [2.05, 4.69) is 26.1 Å². The number of amides is 1. The highest BCUT2D eigenvalue weighted by Crippen LogP contribution is 2.33. The van der Waals surface area contributed by atoms with Crippen LogP contribution in [0.15, 0.2) is 71.6 Å². The van der Waals surface area contributed by atoms with E-state index in [-0.39, 0.29) is 34.2 Å². The van der Waals surface area contributed by atoms with Crippen molar-refractivity contribution in [2.75, 3.05) is 24.0 Å². The Kier molecular flexibility index (Phi) is 8.93. The predicted molar refractivity (Wildman–Crippen MR) is 146 cm³/mol. The van der Waals surface area contributed by atoms with Gasteiger partial charge in [-0.3, -0.25) is 9.10 Å². The Labute approximate surface area is 223 Å². The highest BCUT2D eigenvalue weighted by atomic mass is 35.5. The van der Waals surface area contributed by atoms with Crippen LogP contribution >= 0.6 is 23.2 Å². The lowest BCUT2D eigenvalue weighted by Crippen LogP contribution is -2.42. The van der Waals surface area contributed by atoms with E-state index in [1.54, 1.807) is 18.2 Å². The lowest BCUT2D eigenvalue weighted by atomic mass is 9.86. The Morgan fingerprint density at radius 1 is 1.00 bits per heavy atom. The summed E-state index contributed by atoms with van der Waals surface area (Å²) in [6.45, 7) is 8.09. The average molecular weight is 550 g/mol. The van der Waals surface area contributed by atoms with Crippen LogP contribution in [0.25, 0.3) is 0 Å². The van der Waals surface area contributed by atoms with E-state index in [0.29, 0.717) is 5.02 Å². The van der Waals surface area contributed by atoms with Gasteiger partial charge < -0.3 is 10.1 Å². The highest BCUT2D eigenvalue weighted by molar-refractivity contribution is 7.92. The normalized spacial score (nSPS) is 11.7. The van der Waals surface area contributed by atoms with Crippen LogP contribution in [0, 0.1) is 6.92 Å². The van der Waals surface area contributed by atoms with E-state index < -0.39 is 22.5 Å². The minimum absolute atomic E-state index is 0.0408. The van der Waals surface area contributed by atoms with Crippen LogP contribution in [0.4, 0.5) is 5.69 Å². The minimum atomic E-state index is -4.10. The maximum absolute atomic E-state index is 13.5. The number of benzene rings is 3. The molecule has 0 heterocycles. The number of nitrogens with zero attached hydrogens (tertiary/aromatic N) is 1. The number of hydrogen-bond acceptors (Lipinski definition) is 4. The molecule has 0 unspecified atom stereocenters. The quantitative estimate of drug-likeness (QED) is 0.333.